The second kappa shape index (κ2) is 7.23. The molecule has 0 radical (unpaired) electrons. The molecule has 2 rings (SSSR count). The molecule has 0 spiro atoms. The van der Waals surface area contributed by atoms with Crippen LogP contribution in [0.5, 0.6) is 0 Å². The van der Waals surface area contributed by atoms with Crippen molar-refractivity contribution in [2.24, 2.45) is 0 Å². The number of hydrogen-bond acceptors (Lipinski definition) is 5. The van der Waals surface area contributed by atoms with Crippen LogP contribution in [0.2, 0.25) is 0 Å². The second-order valence-corrected chi connectivity index (χ2v) is 9.25. The summed E-state index contributed by atoms with van der Waals surface area (Å²) in [6.45, 7) is 5.92. The van der Waals surface area contributed by atoms with Crippen LogP contribution in [0.3, 0.4) is 0 Å². The SMILES string of the molecule is CCOC(=O)C(F)(F)[C@@]1(N[S@](=O)C(C)(C)C)CCc2ccc([N+](=O)[O-])cc21. The van der Waals surface area contributed by atoms with E-state index in [0.29, 0.717) is 5.56 Å². The number of nitrogens with one attached hydrogen (secondary N) is 1. The van der Waals surface area contributed by atoms with Gasteiger partial charge in [0.1, 0.15) is 5.54 Å². The molecule has 1 N–H and O–H groups in total. The number of benzene rings is 1. The van der Waals surface area contributed by atoms with Crippen LogP contribution in [-0.2, 0) is 32.5 Å². The number of carbonyl (C=O) groups is 1. The Morgan fingerprint density at radius 2 is 2.04 bits per heavy atom. The van der Waals surface area contributed by atoms with Crippen LogP contribution in [-0.4, -0.2) is 32.4 Å². The molecule has 0 fully saturated rings. The van der Waals surface area contributed by atoms with E-state index < -0.39 is 38.1 Å². The van der Waals surface area contributed by atoms with Gasteiger partial charge in [0.15, 0.2) is 0 Å². The first-order chi connectivity index (χ1) is 12.4. The van der Waals surface area contributed by atoms with Crippen molar-refractivity contribution in [2.75, 3.05) is 6.61 Å². The minimum Gasteiger partial charge on any atom is -0.461 e. The minimum atomic E-state index is -4.08. The van der Waals surface area contributed by atoms with Crippen LogP contribution in [0, 0.1) is 10.1 Å². The predicted molar refractivity (Wildman–Crippen MR) is 95.7 cm³/mol. The van der Waals surface area contributed by atoms with Gasteiger partial charge in [-0.3, -0.25) is 10.1 Å². The molecule has 27 heavy (non-hydrogen) atoms. The van der Waals surface area contributed by atoms with Crippen LogP contribution in [0.15, 0.2) is 18.2 Å². The van der Waals surface area contributed by atoms with Crippen molar-refractivity contribution in [1.82, 2.24) is 4.72 Å². The number of halogens is 2. The Bertz CT molecular complexity index is 794. The molecule has 0 bridgehead atoms. The number of alkyl halides is 2. The zero-order valence-electron chi connectivity index (χ0n) is 15.5. The Balaban J connectivity index is 2.68. The van der Waals surface area contributed by atoms with E-state index in [2.05, 4.69) is 9.46 Å². The standard InChI is InChI=1S/C17H22F2N2O5S/c1-5-26-14(22)17(18,19)16(20-27(25)15(2,3)4)9-8-11-6-7-12(21(23)24)10-13(11)16/h6-7,10,20H,5,8-9H2,1-4H3/t16-,27-/m1/s1. The van der Waals surface area contributed by atoms with Crippen molar-refractivity contribution in [3.8, 4) is 0 Å². The first-order valence-electron chi connectivity index (χ1n) is 8.39. The number of hydrogen-bond donors (Lipinski definition) is 1. The average Bonchev–Trinajstić information content (AvgIpc) is 2.93. The number of non-ortho nitro benzene ring substituents is 1. The molecule has 7 nitrogen and oxygen atoms in total. The summed E-state index contributed by atoms with van der Waals surface area (Å²) in [6, 6.07) is 3.62. The maximum absolute atomic E-state index is 15.3. The molecule has 150 valence electrons. The first kappa shape index (κ1) is 21.4. The summed E-state index contributed by atoms with van der Waals surface area (Å²) < 4.78 is 49.3. The first-order valence-corrected chi connectivity index (χ1v) is 9.54. The summed E-state index contributed by atoms with van der Waals surface area (Å²) in [5.41, 5.74) is -2.42. The van der Waals surface area contributed by atoms with Gasteiger partial charge in [-0.25, -0.2) is 13.7 Å². The van der Waals surface area contributed by atoms with Gasteiger partial charge >= 0.3 is 11.9 Å². The smallest absolute Gasteiger partial charge is 0.379 e. The van der Waals surface area contributed by atoms with E-state index in [9.17, 15) is 19.1 Å². The highest BCUT2D eigenvalue weighted by Gasteiger charge is 2.64. The number of carbonyl (C=O) groups excluding carboxylic acids is 1. The Labute approximate surface area is 158 Å². The molecule has 0 heterocycles. The fourth-order valence-corrected chi connectivity index (χ4v) is 3.92. The molecule has 0 amide bonds. The zero-order valence-corrected chi connectivity index (χ0v) is 16.3. The van der Waals surface area contributed by atoms with Crippen molar-refractivity contribution in [3.63, 3.8) is 0 Å². The predicted octanol–water partition coefficient (Wildman–Crippen LogP) is 2.99. The van der Waals surface area contributed by atoms with E-state index in [-0.39, 0.29) is 30.7 Å². The maximum Gasteiger partial charge on any atom is 0.379 e. The zero-order chi connectivity index (χ0) is 20.6. The van der Waals surface area contributed by atoms with Gasteiger partial charge in [-0.15, -0.1) is 0 Å². The van der Waals surface area contributed by atoms with Crippen LogP contribution in [0.1, 0.15) is 45.2 Å². The van der Waals surface area contributed by atoms with E-state index in [0.717, 1.165) is 6.07 Å². The van der Waals surface area contributed by atoms with Gasteiger partial charge in [0.05, 0.1) is 27.3 Å². The normalized spacial score (nSPS) is 20.8. The van der Waals surface area contributed by atoms with Crippen molar-refractivity contribution in [1.29, 1.82) is 0 Å². The molecule has 1 aromatic rings. The average molecular weight is 404 g/mol. The highest BCUT2D eigenvalue weighted by atomic mass is 32.2. The Kier molecular flexibility index (Phi) is 5.72. The summed E-state index contributed by atoms with van der Waals surface area (Å²) in [4.78, 5) is 22.5. The monoisotopic (exact) mass is 404 g/mol. The van der Waals surface area contributed by atoms with Crippen LogP contribution in [0.25, 0.3) is 0 Å². The largest absolute Gasteiger partial charge is 0.461 e. The van der Waals surface area contributed by atoms with E-state index in [1.165, 1.54) is 19.1 Å². The minimum absolute atomic E-state index is 0.104. The Hall–Kier alpha value is -1.94. The molecule has 0 aliphatic heterocycles. The van der Waals surface area contributed by atoms with Gasteiger partial charge in [-0.05, 0) is 51.7 Å². The number of rotatable bonds is 6. The topological polar surface area (TPSA) is 98.5 Å². The summed E-state index contributed by atoms with van der Waals surface area (Å²) in [5, 5.41) is 11.1. The van der Waals surface area contributed by atoms with Gasteiger partial charge in [0.2, 0.25) is 0 Å². The summed E-state index contributed by atoms with van der Waals surface area (Å²) in [6.07, 6.45) is -0.103. The third kappa shape index (κ3) is 3.73. The van der Waals surface area contributed by atoms with E-state index in [4.69, 9.17) is 0 Å². The Morgan fingerprint density at radius 1 is 1.41 bits per heavy atom. The fourth-order valence-electron chi connectivity index (χ4n) is 2.95. The van der Waals surface area contributed by atoms with Crippen LogP contribution in [0.4, 0.5) is 14.5 Å². The van der Waals surface area contributed by atoms with Crippen molar-refractivity contribution in [3.05, 3.63) is 39.4 Å². The molecule has 2 atom stereocenters. The van der Waals surface area contributed by atoms with E-state index in [1.807, 2.05) is 0 Å². The van der Waals surface area contributed by atoms with Gasteiger partial charge in [-0.1, -0.05) is 6.07 Å². The van der Waals surface area contributed by atoms with Crippen molar-refractivity contribution < 1.29 is 27.4 Å². The van der Waals surface area contributed by atoms with E-state index >= 15 is 8.78 Å². The third-order valence-electron chi connectivity index (χ3n) is 4.42. The van der Waals surface area contributed by atoms with E-state index in [1.54, 1.807) is 20.8 Å². The quantitative estimate of drug-likeness (QED) is 0.446. The Morgan fingerprint density at radius 3 is 2.56 bits per heavy atom. The lowest BCUT2D eigenvalue weighted by atomic mass is 9.85. The fraction of sp³-hybridized carbons (Fsp3) is 0.588. The van der Waals surface area contributed by atoms with Crippen molar-refractivity contribution >= 4 is 22.6 Å². The summed E-state index contributed by atoms with van der Waals surface area (Å²) in [7, 11) is -1.97. The van der Waals surface area contributed by atoms with Gasteiger partial charge in [-0.2, -0.15) is 8.78 Å². The number of nitro groups is 1. The number of esters is 1. The lowest BCUT2D eigenvalue weighted by Gasteiger charge is -2.38. The third-order valence-corrected chi connectivity index (χ3v) is 6.07. The maximum atomic E-state index is 15.3. The molecule has 1 aliphatic rings. The number of nitro benzene ring substituents is 1. The van der Waals surface area contributed by atoms with Crippen LogP contribution < -0.4 is 4.72 Å². The second-order valence-electron chi connectivity index (χ2n) is 7.28. The summed E-state index contributed by atoms with van der Waals surface area (Å²) in [5.74, 6) is -5.84. The highest BCUT2D eigenvalue weighted by molar-refractivity contribution is 7.84. The molecule has 0 saturated carbocycles. The molecule has 0 unspecified atom stereocenters. The molecular formula is C17H22F2N2O5S. The molecule has 1 aromatic carbocycles. The van der Waals surface area contributed by atoms with Gasteiger partial charge in [0, 0.05) is 12.1 Å². The van der Waals surface area contributed by atoms with Crippen molar-refractivity contribution in [2.45, 2.75) is 56.7 Å². The molecule has 0 saturated heterocycles. The highest BCUT2D eigenvalue weighted by Crippen LogP contribution is 2.49. The van der Waals surface area contributed by atoms with Crippen LogP contribution >= 0.6 is 0 Å². The number of nitrogens with zero attached hydrogens (tertiary/aromatic N) is 1. The summed E-state index contributed by atoms with van der Waals surface area (Å²) >= 11 is 0. The molecule has 1 aliphatic carbocycles. The number of aryl methyl sites for hydroxylation is 1. The van der Waals surface area contributed by atoms with Gasteiger partial charge < -0.3 is 4.74 Å². The number of ether oxygens (including phenoxy) is 1. The number of fused-ring (bicyclic) bond motifs is 1. The molecule has 0 aromatic heterocycles. The molecule has 10 heteroatoms. The lowest BCUT2D eigenvalue weighted by Crippen LogP contribution is -2.61. The van der Waals surface area contributed by atoms with Gasteiger partial charge in [0.25, 0.3) is 5.69 Å². The molecular weight excluding hydrogens is 382 g/mol. The lowest BCUT2D eigenvalue weighted by molar-refractivity contribution is -0.385.